The minimum Gasteiger partial charge on any atom is -0.331 e. The van der Waals surface area contributed by atoms with Gasteiger partial charge in [0.25, 0.3) is 5.91 Å². The Morgan fingerprint density at radius 3 is 2.90 bits per heavy atom. The number of amides is 1. The predicted octanol–water partition coefficient (Wildman–Crippen LogP) is 4.16. The van der Waals surface area contributed by atoms with Crippen molar-refractivity contribution in [3.05, 3.63) is 50.9 Å². The second kappa shape index (κ2) is 6.16. The van der Waals surface area contributed by atoms with Crippen molar-refractivity contribution < 1.29 is 4.79 Å². The molecule has 1 saturated carbocycles. The Morgan fingerprint density at radius 1 is 1.48 bits per heavy atom. The third-order valence-electron chi connectivity index (χ3n) is 3.61. The molecule has 1 amide bonds. The van der Waals surface area contributed by atoms with Crippen LogP contribution in [0.5, 0.6) is 0 Å². The molecule has 3 nitrogen and oxygen atoms in total. The molecule has 0 spiro atoms. The summed E-state index contributed by atoms with van der Waals surface area (Å²) in [7, 11) is 0. The number of aromatic nitrogens is 1. The van der Waals surface area contributed by atoms with Crippen molar-refractivity contribution in [1.82, 2.24) is 9.88 Å². The summed E-state index contributed by atoms with van der Waals surface area (Å²) >= 11 is 7.72. The molecule has 2 heterocycles. The molecule has 0 aromatic carbocycles. The molecule has 3 rings (SSSR count). The standard InChI is InChI=1S/C16H17ClN2OS/c1-2-12-8-11(9-15(17)18-12)16(20)19(13-5-6-13)10-14-4-3-7-21-14/h3-4,7-9,13H,2,5-6,10H2,1H3. The maximum Gasteiger partial charge on any atom is 0.254 e. The highest BCUT2D eigenvalue weighted by Gasteiger charge is 2.33. The van der Waals surface area contributed by atoms with E-state index in [9.17, 15) is 4.79 Å². The van der Waals surface area contributed by atoms with Gasteiger partial charge in [0.2, 0.25) is 0 Å². The van der Waals surface area contributed by atoms with Gasteiger partial charge >= 0.3 is 0 Å². The van der Waals surface area contributed by atoms with E-state index in [0.717, 1.165) is 25.0 Å². The number of nitrogens with zero attached hydrogens (tertiary/aromatic N) is 2. The zero-order chi connectivity index (χ0) is 14.8. The van der Waals surface area contributed by atoms with E-state index >= 15 is 0 Å². The summed E-state index contributed by atoms with van der Waals surface area (Å²) in [4.78, 5) is 20.2. The van der Waals surface area contributed by atoms with Gasteiger partial charge in [-0.2, -0.15) is 0 Å². The third kappa shape index (κ3) is 3.44. The van der Waals surface area contributed by atoms with Crippen molar-refractivity contribution in [2.45, 2.75) is 38.8 Å². The van der Waals surface area contributed by atoms with Crippen LogP contribution in [0.3, 0.4) is 0 Å². The van der Waals surface area contributed by atoms with Crippen LogP contribution in [-0.4, -0.2) is 21.8 Å². The Bertz CT molecular complexity index is 638. The van der Waals surface area contributed by atoms with Crippen LogP contribution >= 0.6 is 22.9 Å². The van der Waals surface area contributed by atoms with Gasteiger partial charge in [-0.05, 0) is 42.8 Å². The minimum absolute atomic E-state index is 0.0601. The lowest BCUT2D eigenvalue weighted by Crippen LogP contribution is -2.32. The normalized spacial score (nSPS) is 14.2. The molecule has 0 aliphatic heterocycles. The van der Waals surface area contributed by atoms with E-state index in [-0.39, 0.29) is 5.91 Å². The maximum atomic E-state index is 12.8. The molecule has 0 N–H and O–H groups in total. The average molecular weight is 321 g/mol. The van der Waals surface area contributed by atoms with Gasteiger partial charge in [-0.3, -0.25) is 4.79 Å². The van der Waals surface area contributed by atoms with Gasteiger partial charge in [-0.15, -0.1) is 11.3 Å². The fourth-order valence-corrected chi connectivity index (χ4v) is 3.27. The molecule has 0 bridgehead atoms. The monoisotopic (exact) mass is 320 g/mol. The molecular weight excluding hydrogens is 304 g/mol. The Hall–Kier alpha value is -1.39. The molecule has 1 aliphatic rings. The number of hydrogen-bond acceptors (Lipinski definition) is 3. The van der Waals surface area contributed by atoms with Crippen LogP contribution in [0, 0.1) is 0 Å². The van der Waals surface area contributed by atoms with Crippen molar-refractivity contribution in [2.75, 3.05) is 0 Å². The number of hydrogen-bond donors (Lipinski definition) is 0. The summed E-state index contributed by atoms with van der Waals surface area (Å²) in [6, 6.07) is 8.00. The Labute approximate surface area is 133 Å². The summed E-state index contributed by atoms with van der Waals surface area (Å²) in [6.07, 6.45) is 2.96. The average Bonchev–Trinajstić information content (AvgIpc) is 3.20. The molecular formula is C16H17ClN2OS. The van der Waals surface area contributed by atoms with Crippen LogP contribution < -0.4 is 0 Å². The Morgan fingerprint density at radius 2 is 2.29 bits per heavy atom. The minimum atomic E-state index is 0.0601. The van der Waals surface area contributed by atoms with Gasteiger partial charge in [0.15, 0.2) is 0 Å². The van der Waals surface area contributed by atoms with Crippen molar-refractivity contribution >= 4 is 28.8 Å². The number of rotatable bonds is 5. The largest absolute Gasteiger partial charge is 0.331 e. The van der Waals surface area contributed by atoms with Gasteiger partial charge < -0.3 is 4.90 Å². The Balaban J connectivity index is 1.85. The SMILES string of the molecule is CCc1cc(C(=O)N(Cc2cccs2)C2CC2)cc(Cl)n1. The van der Waals surface area contributed by atoms with Crippen molar-refractivity contribution in [1.29, 1.82) is 0 Å². The molecule has 1 aliphatic carbocycles. The van der Waals surface area contributed by atoms with Gasteiger partial charge in [-0.1, -0.05) is 24.6 Å². The van der Waals surface area contributed by atoms with Gasteiger partial charge in [0.1, 0.15) is 5.15 Å². The summed E-state index contributed by atoms with van der Waals surface area (Å²) in [6.45, 7) is 2.69. The lowest BCUT2D eigenvalue weighted by Gasteiger charge is -2.22. The van der Waals surface area contributed by atoms with Crippen molar-refractivity contribution in [2.24, 2.45) is 0 Å². The van der Waals surface area contributed by atoms with Crippen molar-refractivity contribution in [3.8, 4) is 0 Å². The zero-order valence-corrected chi connectivity index (χ0v) is 13.5. The number of halogens is 1. The number of aryl methyl sites for hydroxylation is 1. The second-order valence-corrected chi connectivity index (χ2v) is 6.69. The smallest absolute Gasteiger partial charge is 0.254 e. The molecule has 2 aromatic rings. The van der Waals surface area contributed by atoms with Crippen molar-refractivity contribution in [3.63, 3.8) is 0 Å². The molecule has 0 atom stereocenters. The van der Waals surface area contributed by atoms with Crippen LogP contribution in [0.4, 0.5) is 0 Å². The van der Waals surface area contributed by atoms with Crippen LogP contribution in [0.15, 0.2) is 29.6 Å². The molecule has 0 unspecified atom stereocenters. The number of thiophene rings is 1. The zero-order valence-electron chi connectivity index (χ0n) is 11.9. The van der Waals surface area contributed by atoms with Crippen LogP contribution in [0.1, 0.15) is 40.7 Å². The number of carbonyl (C=O) groups excluding carboxylic acids is 1. The fraction of sp³-hybridized carbons (Fsp3) is 0.375. The molecule has 0 radical (unpaired) electrons. The van der Waals surface area contributed by atoms with Gasteiger partial charge in [0, 0.05) is 22.2 Å². The molecule has 0 saturated heterocycles. The first-order valence-electron chi connectivity index (χ1n) is 7.17. The van der Waals surface area contributed by atoms with Gasteiger partial charge in [-0.25, -0.2) is 4.98 Å². The van der Waals surface area contributed by atoms with Crippen LogP contribution in [-0.2, 0) is 13.0 Å². The molecule has 1 fully saturated rings. The summed E-state index contributed by atoms with van der Waals surface area (Å²) in [5.41, 5.74) is 1.51. The highest BCUT2D eigenvalue weighted by Crippen LogP contribution is 2.31. The molecule has 2 aromatic heterocycles. The van der Waals surface area contributed by atoms with Crippen LogP contribution in [0.25, 0.3) is 0 Å². The predicted molar refractivity (Wildman–Crippen MR) is 85.8 cm³/mol. The van der Waals surface area contributed by atoms with E-state index in [4.69, 9.17) is 11.6 Å². The van der Waals surface area contributed by atoms with E-state index in [1.165, 1.54) is 4.88 Å². The quantitative estimate of drug-likeness (QED) is 0.775. The lowest BCUT2D eigenvalue weighted by molar-refractivity contribution is 0.0731. The first-order chi connectivity index (χ1) is 10.2. The highest BCUT2D eigenvalue weighted by molar-refractivity contribution is 7.09. The second-order valence-electron chi connectivity index (χ2n) is 5.27. The topological polar surface area (TPSA) is 33.2 Å². The molecule has 5 heteroatoms. The van der Waals surface area contributed by atoms with E-state index in [1.807, 2.05) is 29.3 Å². The third-order valence-corrected chi connectivity index (χ3v) is 4.67. The number of carbonyl (C=O) groups is 1. The highest BCUT2D eigenvalue weighted by atomic mass is 35.5. The lowest BCUT2D eigenvalue weighted by atomic mass is 10.1. The molecule has 110 valence electrons. The Kier molecular flexibility index (Phi) is 4.27. The first kappa shape index (κ1) is 14.5. The fourth-order valence-electron chi connectivity index (χ4n) is 2.35. The maximum absolute atomic E-state index is 12.8. The van der Waals surface area contributed by atoms with E-state index in [2.05, 4.69) is 11.1 Å². The number of pyridine rings is 1. The van der Waals surface area contributed by atoms with Crippen LogP contribution in [0.2, 0.25) is 5.15 Å². The van der Waals surface area contributed by atoms with E-state index in [0.29, 0.717) is 23.3 Å². The van der Waals surface area contributed by atoms with E-state index in [1.54, 1.807) is 17.4 Å². The van der Waals surface area contributed by atoms with Gasteiger partial charge in [0.05, 0.1) is 6.54 Å². The summed E-state index contributed by atoms with van der Waals surface area (Å²) in [5, 5.41) is 2.44. The van der Waals surface area contributed by atoms with E-state index < -0.39 is 0 Å². The molecule has 21 heavy (non-hydrogen) atoms. The summed E-state index contributed by atoms with van der Waals surface area (Å²) in [5.74, 6) is 0.0601. The summed E-state index contributed by atoms with van der Waals surface area (Å²) < 4.78 is 0. The first-order valence-corrected chi connectivity index (χ1v) is 8.43.